The molecular formula is C23H21ClN2O3. The summed E-state index contributed by atoms with van der Waals surface area (Å²) in [4.78, 5) is 31.7. The lowest BCUT2D eigenvalue weighted by molar-refractivity contribution is -0.146. The number of para-hydroxylation sites is 1. The fourth-order valence-electron chi connectivity index (χ4n) is 3.78. The number of aromatic nitrogens is 1. The third-order valence-electron chi connectivity index (χ3n) is 5.40. The van der Waals surface area contributed by atoms with Crippen LogP contribution in [0.15, 0.2) is 54.6 Å². The molecule has 0 unspecified atom stereocenters. The first-order valence-electron chi connectivity index (χ1n) is 9.59. The molecule has 5 nitrogen and oxygen atoms in total. The zero-order valence-electron chi connectivity index (χ0n) is 16.1. The van der Waals surface area contributed by atoms with Crippen molar-refractivity contribution in [1.29, 1.82) is 0 Å². The van der Waals surface area contributed by atoms with Crippen molar-refractivity contribution in [2.75, 3.05) is 20.2 Å². The second-order valence-electron chi connectivity index (χ2n) is 7.17. The highest BCUT2D eigenvalue weighted by atomic mass is 35.5. The summed E-state index contributed by atoms with van der Waals surface area (Å²) in [5.74, 6) is -0.374. The number of benzene rings is 2. The number of fused-ring (bicyclic) bond motifs is 1. The van der Waals surface area contributed by atoms with Crippen molar-refractivity contribution in [3.05, 3.63) is 65.2 Å². The van der Waals surface area contributed by atoms with E-state index in [2.05, 4.69) is 0 Å². The van der Waals surface area contributed by atoms with E-state index >= 15 is 0 Å². The molecular weight excluding hydrogens is 388 g/mol. The fraction of sp³-hybridized carbons (Fsp3) is 0.261. The second-order valence-corrected chi connectivity index (χ2v) is 7.61. The number of amides is 1. The molecule has 0 spiro atoms. The third kappa shape index (κ3) is 3.96. The highest BCUT2D eigenvalue weighted by Crippen LogP contribution is 2.28. The van der Waals surface area contributed by atoms with Crippen LogP contribution in [0.3, 0.4) is 0 Å². The summed E-state index contributed by atoms with van der Waals surface area (Å²) in [7, 11) is 1.40. The molecule has 0 saturated carbocycles. The summed E-state index contributed by atoms with van der Waals surface area (Å²) in [6.45, 7) is 1.07. The maximum atomic E-state index is 13.4. The first-order chi connectivity index (χ1) is 14.1. The Labute approximate surface area is 174 Å². The molecule has 4 rings (SSSR count). The normalized spacial score (nSPS) is 14.8. The van der Waals surface area contributed by atoms with E-state index in [1.54, 1.807) is 0 Å². The van der Waals surface area contributed by atoms with Crippen LogP contribution in [-0.2, 0) is 9.53 Å². The number of hydrogen-bond donors (Lipinski definition) is 0. The minimum absolute atomic E-state index is 0.0397. The van der Waals surface area contributed by atoms with Crippen molar-refractivity contribution in [3.63, 3.8) is 0 Å². The Balaban J connectivity index is 1.68. The molecule has 2 heterocycles. The number of hydrogen-bond acceptors (Lipinski definition) is 4. The monoisotopic (exact) mass is 408 g/mol. The standard InChI is InChI=1S/C23H21ClN2O3/c1-29-23(28)16-10-12-26(13-11-16)22(27)19-14-21(15-6-8-17(24)9-7-15)25-20-5-3-2-4-18(19)20/h2-9,14,16H,10-13H2,1H3. The van der Waals surface area contributed by atoms with E-state index in [0.717, 1.165) is 22.2 Å². The first kappa shape index (κ1) is 19.4. The summed E-state index contributed by atoms with van der Waals surface area (Å²) < 4.78 is 4.84. The maximum absolute atomic E-state index is 13.4. The molecule has 3 aromatic rings. The van der Waals surface area contributed by atoms with Crippen LogP contribution in [0.4, 0.5) is 0 Å². The van der Waals surface area contributed by atoms with Crippen molar-refractivity contribution in [1.82, 2.24) is 9.88 Å². The quantitative estimate of drug-likeness (QED) is 0.595. The van der Waals surface area contributed by atoms with Gasteiger partial charge < -0.3 is 9.64 Å². The number of methoxy groups -OCH3 is 1. The number of pyridine rings is 1. The van der Waals surface area contributed by atoms with Crippen molar-refractivity contribution in [2.24, 2.45) is 5.92 Å². The summed E-state index contributed by atoms with van der Waals surface area (Å²) >= 11 is 6.01. The number of nitrogens with zero attached hydrogens (tertiary/aromatic N) is 2. The average molecular weight is 409 g/mol. The van der Waals surface area contributed by atoms with Crippen molar-refractivity contribution >= 4 is 34.4 Å². The summed E-state index contributed by atoms with van der Waals surface area (Å²) in [6, 6.07) is 16.9. The average Bonchev–Trinajstić information content (AvgIpc) is 2.78. The molecule has 0 aliphatic carbocycles. The summed E-state index contributed by atoms with van der Waals surface area (Å²) in [5.41, 5.74) is 3.02. The van der Waals surface area contributed by atoms with Crippen LogP contribution >= 0.6 is 11.6 Å². The fourth-order valence-corrected chi connectivity index (χ4v) is 3.90. The largest absolute Gasteiger partial charge is 0.469 e. The third-order valence-corrected chi connectivity index (χ3v) is 5.66. The van der Waals surface area contributed by atoms with Crippen molar-refractivity contribution in [3.8, 4) is 11.3 Å². The predicted molar refractivity (Wildman–Crippen MR) is 113 cm³/mol. The van der Waals surface area contributed by atoms with Crippen molar-refractivity contribution < 1.29 is 14.3 Å². The molecule has 1 saturated heterocycles. The van der Waals surface area contributed by atoms with Crippen molar-refractivity contribution in [2.45, 2.75) is 12.8 Å². The number of esters is 1. The molecule has 2 aromatic carbocycles. The Morgan fingerprint density at radius 3 is 2.45 bits per heavy atom. The Hall–Kier alpha value is -2.92. The van der Waals surface area contributed by atoms with E-state index in [0.29, 0.717) is 36.5 Å². The molecule has 1 aliphatic rings. The molecule has 1 amide bonds. The smallest absolute Gasteiger partial charge is 0.308 e. The van der Waals surface area contributed by atoms with Gasteiger partial charge in [-0.1, -0.05) is 41.9 Å². The minimum Gasteiger partial charge on any atom is -0.469 e. The SMILES string of the molecule is COC(=O)C1CCN(C(=O)c2cc(-c3ccc(Cl)cc3)nc3ccccc23)CC1. The second kappa shape index (κ2) is 8.21. The van der Waals surface area contributed by atoms with Crippen LogP contribution in [0.1, 0.15) is 23.2 Å². The Kier molecular flexibility index (Phi) is 5.49. The van der Waals surface area contributed by atoms with Gasteiger partial charge in [0.2, 0.25) is 0 Å². The van der Waals surface area contributed by atoms with Gasteiger partial charge in [0.25, 0.3) is 5.91 Å². The van der Waals surface area contributed by atoms with Gasteiger partial charge in [0.15, 0.2) is 0 Å². The van der Waals surface area contributed by atoms with Gasteiger partial charge in [0, 0.05) is 29.1 Å². The summed E-state index contributed by atoms with van der Waals surface area (Å²) in [5, 5.41) is 1.48. The van der Waals surface area contributed by atoms with E-state index in [4.69, 9.17) is 21.3 Å². The number of likely N-dealkylation sites (tertiary alicyclic amines) is 1. The molecule has 148 valence electrons. The van der Waals surface area contributed by atoms with Gasteiger partial charge in [0.05, 0.1) is 29.8 Å². The Morgan fingerprint density at radius 2 is 1.76 bits per heavy atom. The highest BCUT2D eigenvalue weighted by molar-refractivity contribution is 6.30. The maximum Gasteiger partial charge on any atom is 0.308 e. The first-order valence-corrected chi connectivity index (χ1v) is 9.97. The lowest BCUT2D eigenvalue weighted by Gasteiger charge is -2.31. The van der Waals surface area contributed by atoms with E-state index in [1.165, 1.54) is 7.11 Å². The Morgan fingerprint density at radius 1 is 1.07 bits per heavy atom. The van der Waals surface area contributed by atoms with Gasteiger partial charge in [-0.3, -0.25) is 9.59 Å². The molecule has 6 heteroatoms. The number of rotatable bonds is 3. The van der Waals surface area contributed by atoms with Crippen LogP contribution in [-0.4, -0.2) is 42.0 Å². The van der Waals surface area contributed by atoms with Crippen LogP contribution in [0.5, 0.6) is 0 Å². The number of carbonyl (C=O) groups is 2. The molecule has 1 fully saturated rings. The van der Waals surface area contributed by atoms with Crippen LogP contribution in [0, 0.1) is 5.92 Å². The number of piperidine rings is 1. The molecule has 0 bridgehead atoms. The van der Waals surface area contributed by atoms with Gasteiger partial charge in [-0.25, -0.2) is 4.98 Å². The molecule has 0 N–H and O–H groups in total. The minimum atomic E-state index is -0.198. The molecule has 0 atom stereocenters. The zero-order chi connectivity index (χ0) is 20.4. The molecule has 29 heavy (non-hydrogen) atoms. The van der Waals surface area contributed by atoms with Crippen LogP contribution in [0.25, 0.3) is 22.2 Å². The number of ether oxygens (including phenoxy) is 1. The van der Waals surface area contributed by atoms with Crippen LogP contribution in [0.2, 0.25) is 5.02 Å². The molecule has 1 aliphatic heterocycles. The van der Waals surface area contributed by atoms with E-state index in [1.807, 2.05) is 59.5 Å². The van der Waals surface area contributed by atoms with Gasteiger partial charge in [-0.15, -0.1) is 0 Å². The lowest BCUT2D eigenvalue weighted by atomic mass is 9.96. The predicted octanol–water partition coefficient (Wildman–Crippen LogP) is 4.58. The topological polar surface area (TPSA) is 59.5 Å². The van der Waals surface area contributed by atoms with E-state index in [9.17, 15) is 9.59 Å². The van der Waals surface area contributed by atoms with Gasteiger partial charge in [-0.2, -0.15) is 0 Å². The molecule has 0 radical (unpaired) electrons. The lowest BCUT2D eigenvalue weighted by Crippen LogP contribution is -2.40. The number of halogens is 1. The molecule has 1 aromatic heterocycles. The zero-order valence-corrected chi connectivity index (χ0v) is 16.9. The van der Waals surface area contributed by atoms with E-state index in [-0.39, 0.29) is 17.8 Å². The summed E-state index contributed by atoms with van der Waals surface area (Å²) in [6.07, 6.45) is 1.23. The van der Waals surface area contributed by atoms with Gasteiger partial charge in [-0.05, 0) is 37.1 Å². The van der Waals surface area contributed by atoms with Gasteiger partial charge in [0.1, 0.15) is 0 Å². The highest BCUT2D eigenvalue weighted by Gasteiger charge is 2.29. The Bertz CT molecular complexity index is 1060. The van der Waals surface area contributed by atoms with E-state index < -0.39 is 0 Å². The number of carbonyl (C=O) groups excluding carboxylic acids is 2. The van der Waals surface area contributed by atoms with Gasteiger partial charge >= 0.3 is 5.97 Å². The van der Waals surface area contributed by atoms with Crippen LogP contribution < -0.4 is 0 Å².